The van der Waals surface area contributed by atoms with Gasteiger partial charge in [-0.2, -0.15) is 0 Å². The number of esters is 1. The lowest BCUT2D eigenvalue weighted by Gasteiger charge is -2.64. The number of aliphatic hydroxyl groups is 4. The monoisotopic (exact) mass is 590 g/mol. The number of rotatable bonds is 8. The molecular formula is C28H30O14. The molecule has 2 aromatic carbocycles. The predicted molar refractivity (Wildman–Crippen MR) is 134 cm³/mol. The van der Waals surface area contributed by atoms with E-state index in [1.807, 2.05) is 0 Å². The second kappa shape index (κ2) is 9.39. The van der Waals surface area contributed by atoms with Gasteiger partial charge in [-0.3, -0.25) is 0 Å². The number of aliphatic hydroxyl groups excluding tert-OH is 3. The Morgan fingerprint density at radius 2 is 1.67 bits per heavy atom. The van der Waals surface area contributed by atoms with Crippen molar-refractivity contribution in [3.05, 3.63) is 48.0 Å². The minimum atomic E-state index is -1.71. The molecule has 3 saturated carbocycles. The van der Waals surface area contributed by atoms with E-state index in [2.05, 4.69) is 0 Å². The van der Waals surface area contributed by atoms with Crippen molar-refractivity contribution < 1.29 is 69.0 Å². The number of phenols is 3. The van der Waals surface area contributed by atoms with Crippen LogP contribution < -0.4 is 4.74 Å². The Hall–Kier alpha value is -3.21. The van der Waals surface area contributed by atoms with Crippen molar-refractivity contribution in [1.29, 1.82) is 0 Å². The number of aromatic hydroxyl groups is 3. The molecule has 7 aliphatic rings. The zero-order valence-corrected chi connectivity index (χ0v) is 22.0. The normalized spacial score (nSPS) is 42.8. The maximum atomic E-state index is 12.8. The fraction of sp³-hybridized carbons (Fsp3) is 0.536. The molecule has 42 heavy (non-hydrogen) atoms. The summed E-state index contributed by atoms with van der Waals surface area (Å²) in [6, 6.07) is 10.4. The van der Waals surface area contributed by atoms with Gasteiger partial charge in [-0.15, -0.1) is 0 Å². The number of carbonyl (C=O) groups excluding carboxylic acids is 1. The third-order valence-corrected chi connectivity index (χ3v) is 9.38. The maximum Gasteiger partial charge on any atom is 0.338 e. The summed E-state index contributed by atoms with van der Waals surface area (Å²) in [5.41, 5.74) is -2.03. The molecule has 4 heterocycles. The summed E-state index contributed by atoms with van der Waals surface area (Å²) in [6.07, 6.45) is -9.15. The van der Waals surface area contributed by atoms with Crippen molar-refractivity contribution in [2.45, 2.75) is 67.3 Å². The molecule has 3 aliphatic carbocycles. The summed E-state index contributed by atoms with van der Waals surface area (Å²) in [4.78, 5) is 12.8. The van der Waals surface area contributed by atoms with Crippen molar-refractivity contribution in [3.8, 4) is 23.0 Å². The van der Waals surface area contributed by atoms with Crippen LogP contribution in [0.1, 0.15) is 23.2 Å². The van der Waals surface area contributed by atoms with E-state index in [1.165, 1.54) is 0 Å². The van der Waals surface area contributed by atoms with Crippen LogP contribution in [0, 0.1) is 11.3 Å². The third kappa shape index (κ3) is 3.70. The van der Waals surface area contributed by atoms with Gasteiger partial charge in [0, 0.05) is 24.5 Å². The standard InChI is InChI=1S/C28H30O14/c29-14-6-13(7-15(30)19(14)31)37-10-16-20(32)21(33)22(34)24(39-16)41-27-8-17-26(27,25-40-18(27)9-28(17,36)42-25)11-38-23(35)12-4-2-1-3-5-12/h1-7,16-18,20-22,24-25,29-34,36H,8-11H2/t16-,17-,18+,20-,21+,22-,24+,25-,26+,27+,28-/m1/s1. The molecule has 0 aromatic heterocycles. The molecule has 4 saturated heterocycles. The molecule has 7 N–H and O–H groups in total. The van der Waals surface area contributed by atoms with Gasteiger partial charge in [0.25, 0.3) is 0 Å². The first-order valence-electron chi connectivity index (χ1n) is 13.5. The van der Waals surface area contributed by atoms with Crippen molar-refractivity contribution in [1.82, 2.24) is 0 Å². The Balaban J connectivity index is 1.11. The quantitative estimate of drug-likeness (QED) is 0.152. The average Bonchev–Trinajstić information content (AvgIpc) is 3.18. The summed E-state index contributed by atoms with van der Waals surface area (Å²) in [5, 5.41) is 72.3. The maximum absolute atomic E-state index is 12.8. The highest BCUT2D eigenvalue weighted by molar-refractivity contribution is 5.89. The van der Waals surface area contributed by atoms with E-state index in [9.17, 15) is 40.5 Å². The first-order valence-corrected chi connectivity index (χ1v) is 13.5. The molecule has 7 fully saturated rings. The van der Waals surface area contributed by atoms with Gasteiger partial charge in [0.15, 0.2) is 29.9 Å². The Labute approximate surface area is 238 Å². The Kier molecular flexibility index (Phi) is 6.18. The first-order chi connectivity index (χ1) is 20.0. The molecular weight excluding hydrogens is 560 g/mol. The lowest BCUT2D eigenvalue weighted by molar-refractivity contribution is -0.403. The first kappa shape index (κ1) is 27.6. The Bertz CT molecular complexity index is 1360. The molecule has 0 unspecified atom stereocenters. The fourth-order valence-corrected chi connectivity index (χ4v) is 7.21. The smallest absolute Gasteiger partial charge is 0.338 e. The average molecular weight is 591 g/mol. The topological polar surface area (TPSA) is 214 Å². The molecule has 0 amide bonds. The number of hydrogen-bond donors (Lipinski definition) is 7. The molecule has 2 aromatic rings. The number of ether oxygens (including phenoxy) is 6. The molecule has 11 atom stereocenters. The van der Waals surface area contributed by atoms with Crippen molar-refractivity contribution in [3.63, 3.8) is 0 Å². The van der Waals surface area contributed by atoms with Gasteiger partial charge in [-0.1, -0.05) is 18.2 Å². The van der Waals surface area contributed by atoms with E-state index >= 15 is 0 Å². The van der Waals surface area contributed by atoms with E-state index in [4.69, 9.17) is 28.4 Å². The molecule has 14 heteroatoms. The Morgan fingerprint density at radius 1 is 0.952 bits per heavy atom. The Morgan fingerprint density at radius 3 is 2.38 bits per heavy atom. The highest BCUT2D eigenvalue weighted by Crippen LogP contribution is 2.78. The molecule has 14 nitrogen and oxygen atoms in total. The van der Waals surface area contributed by atoms with Gasteiger partial charge < -0.3 is 64.2 Å². The van der Waals surface area contributed by atoms with Gasteiger partial charge in [-0.05, 0) is 18.6 Å². The van der Waals surface area contributed by atoms with E-state index in [0.29, 0.717) is 5.56 Å². The van der Waals surface area contributed by atoms with Crippen LogP contribution in [0.2, 0.25) is 0 Å². The minimum absolute atomic E-state index is 0.0664. The van der Waals surface area contributed by atoms with Crippen LogP contribution in [-0.4, -0.2) is 109 Å². The minimum Gasteiger partial charge on any atom is -0.504 e. The summed E-state index contributed by atoms with van der Waals surface area (Å²) >= 11 is 0. The van der Waals surface area contributed by atoms with Gasteiger partial charge in [0.05, 0.1) is 17.1 Å². The molecule has 0 radical (unpaired) electrons. The van der Waals surface area contributed by atoms with E-state index in [0.717, 1.165) is 12.1 Å². The van der Waals surface area contributed by atoms with Gasteiger partial charge in [-0.25, -0.2) is 4.79 Å². The SMILES string of the molecule is O=C(OC[C@@]12[C@@H]3O[C@H]4C[C@@](O)(O3)[C@@H]1C[C@]42O[C@@H]1O[C@H](COc2cc(O)c(O)c(O)c2)[C@@H](O)[C@H](O)[C@H]1O)c1ccccc1. The number of carbonyl (C=O) groups is 1. The van der Waals surface area contributed by atoms with Crippen LogP contribution in [0.15, 0.2) is 42.5 Å². The predicted octanol–water partition coefficient (Wildman–Crippen LogP) is -0.544. The summed E-state index contributed by atoms with van der Waals surface area (Å²) in [5.74, 6) is -4.69. The van der Waals surface area contributed by atoms with Gasteiger partial charge >= 0.3 is 5.97 Å². The zero-order valence-electron chi connectivity index (χ0n) is 22.0. The highest BCUT2D eigenvalue weighted by atomic mass is 16.8. The van der Waals surface area contributed by atoms with Crippen LogP contribution in [0.3, 0.4) is 0 Å². The number of benzene rings is 2. The van der Waals surface area contributed by atoms with Gasteiger partial charge in [0.1, 0.15) is 49.0 Å². The van der Waals surface area contributed by atoms with Crippen LogP contribution in [0.4, 0.5) is 0 Å². The molecule has 4 aliphatic heterocycles. The van der Waals surface area contributed by atoms with Crippen LogP contribution in [0.5, 0.6) is 23.0 Å². The third-order valence-electron chi connectivity index (χ3n) is 9.38. The number of hydrogen-bond acceptors (Lipinski definition) is 14. The van der Waals surface area contributed by atoms with E-state index in [-0.39, 0.29) is 25.2 Å². The van der Waals surface area contributed by atoms with Crippen LogP contribution in [-0.2, 0) is 23.7 Å². The largest absolute Gasteiger partial charge is 0.504 e. The second-order valence-electron chi connectivity index (χ2n) is 11.5. The van der Waals surface area contributed by atoms with Gasteiger partial charge in [0.2, 0.25) is 5.75 Å². The van der Waals surface area contributed by atoms with Crippen LogP contribution in [0.25, 0.3) is 0 Å². The van der Waals surface area contributed by atoms with Crippen LogP contribution >= 0.6 is 0 Å². The van der Waals surface area contributed by atoms with Crippen molar-refractivity contribution in [2.24, 2.45) is 11.3 Å². The van der Waals surface area contributed by atoms with Crippen molar-refractivity contribution in [2.75, 3.05) is 13.2 Å². The lowest BCUT2D eigenvalue weighted by Crippen LogP contribution is -2.77. The highest BCUT2D eigenvalue weighted by Gasteiger charge is 2.91. The van der Waals surface area contributed by atoms with E-state index < -0.39 is 95.6 Å². The molecule has 6 bridgehead atoms. The van der Waals surface area contributed by atoms with Crippen molar-refractivity contribution >= 4 is 5.97 Å². The fourth-order valence-electron chi connectivity index (χ4n) is 7.21. The summed E-state index contributed by atoms with van der Waals surface area (Å²) in [6.45, 7) is -0.626. The summed E-state index contributed by atoms with van der Waals surface area (Å²) in [7, 11) is 0. The number of phenolic OH excluding ortho intramolecular Hbond substituents is 3. The lowest BCUT2D eigenvalue weighted by atomic mass is 9.44. The molecule has 226 valence electrons. The zero-order chi connectivity index (χ0) is 29.6. The summed E-state index contributed by atoms with van der Waals surface area (Å²) < 4.78 is 35.4. The molecule has 9 rings (SSSR count). The second-order valence-corrected chi connectivity index (χ2v) is 11.5. The molecule has 0 spiro atoms. The van der Waals surface area contributed by atoms with E-state index in [1.54, 1.807) is 30.3 Å².